The number of benzene rings is 1. The summed E-state index contributed by atoms with van der Waals surface area (Å²) in [7, 11) is 0. The number of hydrogen-bond donors (Lipinski definition) is 3. The van der Waals surface area contributed by atoms with E-state index >= 15 is 0 Å². The van der Waals surface area contributed by atoms with Crippen molar-refractivity contribution in [3.63, 3.8) is 0 Å². The second-order valence-corrected chi connectivity index (χ2v) is 7.12. The molecule has 0 aliphatic carbocycles. The molecule has 0 saturated carbocycles. The van der Waals surface area contributed by atoms with E-state index in [1.54, 1.807) is 11.3 Å². The average molecular weight is 489 g/mol. The Labute approximate surface area is 176 Å². The number of rotatable bonds is 9. The van der Waals surface area contributed by atoms with Crippen LogP contribution >= 0.6 is 35.3 Å². The van der Waals surface area contributed by atoms with Crippen LogP contribution in [0.3, 0.4) is 0 Å². The SMILES string of the molecule is CCNC(=NCc1ccc(C)s1)NCC(O)COCc1ccccc1.I. The van der Waals surface area contributed by atoms with E-state index in [1.165, 1.54) is 9.75 Å². The predicted molar refractivity (Wildman–Crippen MR) is 119 cm³/mol. The summed E-state index contributed by atoms with van der Waals surface area (Å²) in [6.45, 7) is 6.70. The number of ether oxygens (including phenoxy) is 1. The fourth-order valence-electron chi connectivity index (χ4n) is 2.23. The number of aliphatic imine (C=N–C) groups is 1. The van der Waals surface area contributed by atoms with Crippen molar-refractivity contribution in [1.29, 1.82) is 0 Å². The molecule has 0 bridgehead atoms. The van der Waals surface area contributed by atoms with Crippen molar-refractivity contribution >= 4 is 41.3 Å². The Morgan fingerprint density at radius 3 is 2.62 bits per heavy atom. The smallest absolute Gasteiger partial charge is 0.191 e. The fourth-order valence-corrected chi connectivity index (χ4v) is 3.04. The van der Waals surface area contributed by atoms with Crippen molar-refractivity contribution < 1.29 is 9.84 Å². The zero-order valence-electron chi connectivity index (χ0n) is 15.3. The number of aliphatic hydroxyl groups is 1. The molecule has 144 valence electrons. The quantitative estimate of drug-likeness (QED) is 0.287. The molecule has 26 heavy (non-hydrogen) atoms. The first-order valence-electron chi connectivity index (χ1n) is 8.54. The van der Waals surface area contributed by atoms with Gasteiger partial charge in [0.1, 0.15) is 0 Å². The Balaban J connectivity index is 0.00000338. The molecular formula is C19H28IN3O2S. The first-order valence-corrected chi connectivity index (χ1v) is 9.36. The second-order valence-electron chi connectivity index (χ2n) is 5.74. The minimum atomic E-state index is -0.587. The molecule has 0 aliphatic heterocycles. The lowest BCUT2D eigenvalue weighted by Gasteiger charge is -2.15. The van der Waals surface area contributed by atoms with Crippen LogP contribution in [0.2, 0.25) is 0 Å². The highest BCUT2D eigenvalue weighted by atomic mass is 127. The number of thiophene rings is 1. The Morgan fingerprint density at radius 2 is 1.96 bits per heavy atom. The maximum atomic E-state index is 10.1. The van der Waals surface area contributed by atoms with Gasteiger partial charge in [-0.2, -0.15) is 0 Å². The summed E-state index contributed by atoms with van der Waals surface area (Å²) in [4.78, 5) is 7.06. The molecule has 0 radical (unpaired) electrons. The topological polar surface area (TPSA) is 65.9 Å². The largest absolute Gasteiger partial charge is 0.389 e. The van der Waals surface area contributed by atoms with Crippen molar-refractivity contribution in [2.24, 2.45) is 4.99 Å². The zero-order chi connectivity index (χ0) is 17.9. The molecule has 0 amide bonds. The monoisotopic (exact) mass is 489 g/mol. The lowest BCUT2D eigenvalue weighted by molar-refractivity contribution is 0.0308. The average Bonchev–Trinajstić information content (AvgIpc) is 3.04. The molecule has 0 saturated heterocycles. The number of aliphatic hydroxyl groups excluding tert-OH is 1. The van der Waals surface area contributed by atoms with E-state index in [9.17, 15) is 5.11 Å². The highest BCUT2D eigenvalue weighted by Gasteiger charge is 2.06. The summed E-state index contributed by atoms with van der Waals surface area (Å²) in [5, 5.41) is 16.4. The highest BCUT2D eigenvalue weighted by molar-refractivity contribution is 14.0. The fraction of sp³-hybridized carbons (Fsp3) is 0.421. The third kappa shape index (κ3) is 8.98. The van der Waals surface area contributed by atoms with Gasteiger partial charge in [0.15, 0.2) is 5.96 Å². The molecule has 3 N–H and O–H groups in total. The van der Waals surface area contributed by atoms with Crippen LogP contribution in [-0.4, -0.2) is 36.9 Å². The van der Waals surface area contributed by atoms with Gasteiger partial charge in [-0.3, -0.25) is 0 Å². The molecular weight excluding hydrogens is 461 g/mol. The second kappa shape index (κ2) is 13.1. The number of guanidine groups is 1. The minimum Gasteiger partial charge on any atom is -0.389 e. The van der Waals surface area contributed by atoms with E-state index in [2.05, 4.69) is 34.7 Å². The molecule has 0 aliphatic rings. The van der Waals surface area contributed by atoms with Crippen molar-refractivity contribution in [2.75, 3.05) is 19.7 Å². The van der Waals surface area contributed by atoms with E-state index in [0.717, 1.165) is 12.1 Å². The van der Waals surface area contributed by atoms with Gasteiger partial charge < -0.3 is 20.5 Å². The van der Waals surface area contributed by atoms with E-state index in [1.807, 2.05) is 37.3 Å². The van der Waals surface area contributed by atoms with Crippen molar-refractivity contribution in [3.05, 3.63) is 57.8 Å². The molecule has 7 heteroatoms. The molecule has 2 rings (SSSR count). The summed E-state index contributed by atoms with van der Waals surface area (Å²) in [5.41, 5.74) is 1.10. The van der Waals surface area contributed by atoms with Crippen LogP contribution in [0, 0.1) is 6.92 Å². The van der Waals surface area contributed by atoms with Gasteiger partial charge >= 0.3 is 0 Å². The van der Waals surface area contributed by atoms with Gasteiger partial charge in [0.2, 0.25) is 0 Å². The lowest BCUT2D eigenvalue weighted by atomic mass is 10.2. The summed E-state index contributed by atoms with van der Waals surface area (Å²) in [5.74, 6) is 0.704. The van der Waals surface area contributed by atoms with Crippen LogP contribution in [0.15, 0.2) is 47.5 Å². The van der Waals surface area contributed by atoms with Crippen LogP contribution in [0.4, 0.5) is 0 Å². The predicted octanol–water partition coefficient (Wildman–Crippen LogP) is 3.31. The van der Waals surface area contributed by atoms with Gasteiger partial charge in [-0.15, -0.1) is 35.3 Å². The number of aryl methyl sites for hydroxylation is 1. The molecule has 0 fully saturated rings. The van der Waals surface area contributed by atoms with Crippen LogP contribution in [0.25, 0.3) is 0 Å². The molecule has 1 aromatic carbocycles. The molecule has 0 spiro atoms. The van der Waals surface area contributed by atoms with Crippen LogP contribution < -0.4 is 10.6 Å². The summed E-state index contributed by atoms with van der Waals surface area (Å²) < 4.78 is 5.56. The number of nitrogens with zero attached hydrogens (tertiary/aromatic N) is 1. The standard InChI is InChI=1S/C19H27N3O2S.HI/c1-3-20-19(22-12-18-10-9-15(2)25-18)21-11-17(23)14-24-13-16-7-5-4-6-8-16;/h4-10,17,23H,3,11-14H2,1-2H3,(H2,20,21,22);1H. The number of hydrogen-bond acceptors (Lipinski definition) is 4. The van der Waals surface area contributed by atoms with Gasteiger partial charge in [-0.1, -0.05) is 30.3 Å². The highest BCUT2D eigenvalue weighted by Crippen LogP contribution is 2.15. The third-order valence-electron chi connectivity index (χ3n) is 3.46. The molecule has 1 atom stereocenters. The van der Waals surface area contributed by atoms with Gasteiger partial charge in [0, 0.05) is 22.8 Å². The number of nitrogens with one attached hydrogen (secondary N) is 2. The minimum absolute atomic E-state index is 0. The van der Waals surface area contributed by atoms with Crippen molar-refractivity contribution in [2.45, 2.75) is 33.1 Å². The van der Waals surface area contributed by atoms with Crippen LogP contribution in [0.5, 0.6) is 0 Å². The van der Waals surface area contributed by atoms with Gasteiger partial charge in [0.05, 0.1) is 25.9 Å². The van der Waals surface area contributed by atoms with E-state index in [4.69, 9.17) is 4.74 Å². The molecule has 1 aromatic heterocycles. The summed E-state index contributed by atoms with van der Waals surface area (Å²) in [6.07, 6.45) is -0.587. The Hall–Kier alpha value is -1.16. The molecule has 1 unspecified atom stereocenters. The lowest BCUT2D eigenvalue weighted by Crippen LogP contribution is -2.42. The third-order valence-corrected chi connectivity index (χ3v) is 4.45. The summed E-state index contributed by atoms with van der Waals surface area (Å²) in [6, 6.07) is 14.1. The molecule has 2 aromatic rings. The summed E-state index contributed by atoms with van der Waals surface area (Å²) >= 11 is 1.75. The molecule has 1 heterocycles. The van der Waals surface area contributed by atoms with Gasteiger partial charge in [-0.05, 0) is 31.5 Å². The normalized spacial score (nSPS) is 12.3. The van der Waals surface area contributed by atoms with Crippen LogP contribution in [-0.2, 0) is 17.9 Å². The van der Waals surface area contributed by atoms with E-state index in [0.29, 0.717) is 25.7 Å². The zero-order valence-corrected chi connectivity index (χ0v) is 18.4. The maximum absolute atomic E-state index is 10.1. The van der Waals surface area contributed by atoms with E-state index < -0.39 is 6.10 Å². The van der Waals surface area contributed by atoms with E-state index in [-0.39, 0.29) is 30.6 Å². The maximum Gasteiger partial charge on any atom is 0.191 e. The number of halogens is 1. The van der Waals surface area contributed by atoms with Gasteiger partial charge in [0.25, 0.3) is 0 Å². The van der Waals surface area contributed by atoms with Crippen molar-refractivity contribution in [3.8, 4) is 0 Å². The van der Waals surface area contributed by atoms with Crippen LogP contribution in [0.1, 0.15) is 22.2 Å². The Bertz CT molecular complexity index is 649. The molecule has 5 nitrogen and oxygen atoms in total. The first-order chi connectivity index (χ1) is 12.2. The Morgan fingerprint density at radius 1 is 1.19 bits per heavy atom. The van der Waals surface area contributed by atoms with Gasteiger partial charge in [-0.25, -0.2) is 4.99 Å². The Kier molecular flexibility index (Phi) is 11.5. The first kappa shape index (κ1) is 22.9. The van der Waals surface area contributed by atoms with Crippen molar-refractivity contribution in [1.82, 2.24) is 10.6 Å².